The van der Waals surface area contributed by atoms with Gasteiger partial charge in [0.25, 0.3) is 10.0 Å². The highest BCUT2D eigenvalue weighted by Gasteiger charge is 2.44. The molecular formula is C25H29F3N2O5S. The van der Waals surface area contributed by atoms with Crippen molar-refractivity contribution in [3.05, 3.63) is 70.6 Å². The zero-order valence-corrected chi connectivity index (χ0v) is 20.8. The lowest BCUT2D eigenvalue weighted by Crippen LogP contribution is -2.41. The molecule has 3 N–H and O–H groups in total. The van der Waals surface area contributed by atoms with E-state index in [1.807, 2.05) is 37.3 Å². The number of sulfonamides is 1. The molecule has 0 unspecified atom stereocenters. The molecule has 1 aliphatic heterocycles. The Morgan fingerprint density at radius 2 is 1.86 bits per heavy atom. The average Bonchev–Trinajstić information content (AvgIpc) is 2.79. The number of halogens is 3. The molecule has 7 nitrogen and oxygen atoms in total. The number of alkyl halides is 3. The van der Waals surface area contributed by atoms with Gasteiger partial charge in [-0.3, -0.25) is 0 Å². The van der Waals surface area contributed by atoms with E-state index in [1.54, 1.807) is 6.92 Å². The topological polar surface area (TPSA) is 120 Å². The van der Waals surface area contributed by atoms with E-state index in [0.717, 1.165) is 5.56 Å². The van der Waals surface area contributed by atoms with E-state index in [1.165, 1.54) is 0 Å². The molecule has 2 aromatic rings. The number of primary sulfonamides is 1. The number of esters is 1. The van der Waals surface area contributed by atoms with Crippen LogP contribution in [-0.4, -0.2) is 30.1 Å². The van der Waals surface area contributed by atoms with Gasteiger partial charge in [-0.25, -0.2) is 23.3 Å². The van der Waals surface area contributed by atoms with Crippen LogP contribution in [0.15, 0.2) is 59.0 Å². The van der Waals surface area contributed by atoms with Crippen LogP contribution < -0.4 is 5.14 Å². The largest absolute Gasteiger partial charge is 0.512 e. The summed E-state index contributed by atoms with van der Waals surface area (Å²) in [5.74, 6) is -2.46. The number of aromatic nitrogens is 1. The third-order valence-corrected chi connectivity index (χ3v) is 7.24. The minimum atomic E-state index is -4.81. The second kappa shape index (κ2) is 10.6. The molecule has 3 rings (SSSR count). The second-order valence-corrected chi connectivity index (χ2v) is 10.4. The summed E-state index contributed by atoms with van der Waals surface area (Å²) in [4.78, 5) is 16.7. The Morgan fingerprint density at radius 1 is 1.19 bits per heavy atom. The molecule has 0 bridgehead atoms. The summed E-state index contributed by atoms with van der Waals surface area (Å²) in [7, 11) is -4.53. The predicted molar refractivity (Wildman–Crippen MR) is 126 cm³/mol. The lowest BCUT2D eigenvalue weighted by molar-refractivity contribution is -0.161. The van der Waals surface area contributed by atoms with E-state index in [4.69, 9.17) is 9.88 Å². The first-order chi connectivity index (χ1) is 16.8. The Balaban J connectivity index is 2.05. The highest BCUT2D eigenvalue weighted by atomic mass is 32.2. The van der Waals surface area contributed by atoms with Crippen LogP contribution in [0.1, 0.15) is 68.6 Å². The molecule has 0 saturated carbocycles. The highest BCUT2D eigenvalue weighted by molar-refractivity contribution is 7.89. The Hall–Kier alpha value is -2.92. The van der Waals surface area contributed by atoms with Crippen molar-refractivity contribution in [1.82, 2.24) is 4.98 Å². The Kier molecular flexibility index (Phi) is 8.14. The van der Waals surface area contributed by atoms with Crippen molar-refractivity contribution in [2.45, 2.75) is 75.1 Å². The summed E-state index contributed by atoms with van der Waals surface area (Å²) in [6, 6.07) is 10.2. The van der Waals surface area contributed by atoms with E-state index >= 15 is 0 Å². The number of hydrogen-bond donors (Lipinski definition) is 2. The first-order valence-corrected chi connectivity index (χ1v) is 13.1. The molecule has 2 atom stereocenters. The summed E-state index contributed by atoms with van der Waals surface area (Å²) in [5.41, 5.74) is -1.87. The number of benzene rings is 1. The van der Waals surface area contributed by atoms with E-state index in [2.05, 4.69) is 4.98 Å². The van der Waals surface area contributed by atoms with Gasteiger partial charge in [-0.1, -0.05) is 50.6 Å². The molecule has 1 aromatic heterocycles. The number of ether oxygens (including phenoxy) is 1. The third kappa shape index (κ3) is 6.07. The number of aryl methyl sites for hydroxylation is 1. The van der Waals surface area contributed by atoms with Gasteiger partial charge in [-0.05, 0) is 42.9 Å². The number of nitrogens with zero attached hydrogens (tertiary/aromatic N) is 1. The quantitative estimate of drug-likeness (QED) is 0.435. The van der Waals surface area contributed by atoms with Crippen LogP contribution in [0.4, 0.5) is 13.2 Å². The summed E-state index contributed by atoms with van der Waals surface area (Å²) < 4.78 is 70.3. The van der Waals surface area contributed by atoms with Gasteiger partial charge in [0.2, 0.25) is 0 Å². The van der Waals surface area contributed by atoms with Gasteiger partial charge in [-0.15, -0.1) is 0 Å². The number of nitrogens with two attached hydrogens (primary N) is 1. The summed E-state index contributed by atoms with van der Waals surface area (Å²) >= 11 is 0. The Labute approximate surface area is 208 Å². The molecule has 2 heterocycles. The molecule has 0 spiro atoms. The predicted octanol–water partition coefficient (Wildman–Crippen LogP) is 5.17. The molecule has 1 aliphatic rings. The van der Waals surface area contributed by atoms with Crippen molar-refractivity contribution in [3.63, 3.8) is 0 Å². The fourth-order valence-electron chi connectivity index (χ4n) is 4.72. The molecule has 0 saturated heterocycles. The van der Waals surface area contributed by atoms with Crippen LogP contribution in [0.5, 0.6) is 0 Å². The maximum Gasteiger partial charge on any atom is 0.417 e. The molecule has 0 fully saturated rings. The number of hydrogen-bond acceptors (Lipinski definition) is 6. The van der Waals surface area contributed by atoms with Crippen molar-refractivity contribution < 1.29 is 36.2 Å². The van der Waals surface area contributed by atoms with Gasteiger partial charge in [0, 0.05) is 18.5 Å². The number of carbonyl (C=O) groups is 1. The second-order valence-electron chi connectivity index (χ2n) is 8.97. The summed E-state index contributed by atoms with van der Waals surface area (Å²) in [5, 5.41) is 15.5. The lowest BCUT2D eigenvalue weighted by Gasteiger charge is -2.39. The minimum Gasteiger partial charge on any atom is -0.512 e. The fourth-order valence-corrected chi connectivity index (χ4v) is 5.45. The van der Waals surface area contributed by atoms with E-state index < -0.39 is 49.8 Å². The van der Waals surface area contributed by atoms with Crippen LogP contribution >= 0.6 is 0 Å². The number of cyclic esters (lactones) is 1. The highest BCUT2D eigenvalue weighted by Crippen LogP contribution is 2.43. The number of pyridine rings is 1. The fraction of sp³-hybridized carbons (Fsp3) is 0.440. The van der Waals surface area contributed by atoms with Crippen molar-refractivity contribution >= 4 is 16.0 Å². The van der Waals surface area contributed by atoms with Gasteiger partial charge in [-0.2, -0.15) is 13.2 Å². The zero-order chi connectivity index (χ0) is 26.7. The van der Waals surface area contributed by atoms with Crippen LogP contribution in [-0.2, 0) is 32.2 Å². The van der Waals surface area contributed by atoms with Gasteiger partial charge >= 0.3 is 12.1 Å². The molecular weight excluding hydrogens is 497 g/mol. The van der Waals surface area contributed by atoms with E-state index in [0.29, 0.717) is 37.9 Å². The van der Waals surface area contributed by atoms with Crippen LogP contribution in [0, 0.1) is 0 Å². The van der Waals surface area contributed by atoms with Crippen LogP contribution in [0.25, 0.3) is 0 Å². The first-order valence-electron chi connectivity index (χ1n) is 11.6. The maximum atomic E-state index is 13.4. The van der Waals surface area contributed by atoms with Crippen molar-refractivity contribution in [3.8, 4) is 0 Å². The number of carbonyl (C=O) groups excluding carboxylic acids is 1. The standard InChI is InChI=1S/C25H29F3N2O5S/c1-3-11-24(12-10-16-8-6-5-7-9-16)14-20(31)21(23(32)35-24)18(4-2)19-13-17(25(26,27)28)15-30-22(19)36(29,33)34/h5-9,13,15,18,31H,3-4,10-12,14H2,1-2H3,(H2,29,33,34)/t18-,24+/m0/s1. The summed E-state index contributed by atoms with van der Waals surface area (Å²) in [6.45, 7) is 3.46. The first kappa shape index (κ1) is 27.7. The SMILES string of the molecule is CCC[C@@]1(CCc2ccccc2)CC(O)=C([C@@H](CC)c2cc(C(F)(F)F)cnc2S(N)(=O)=O)C(=O)O1. The minimum absolute atomic E-state index is 0.00913. The Bertz CT molecular complexity index is 1250. The molecule has 0 aliphatic carbocycles. The van der Waals surface area contributed by atoms with Gasteiger partial charge < -0.3 is 9.84 Å². The number of aliphatic hydroxyl groups is 1. The molecule has 0 radical (unpaired) electrons. The number of rotatable bonds is 9. The molecule has 1 aromatic carbocycles. The van der Waals surface area contributed by atoms with Crippen LogP contribution in [0.3, 0.4) is 0 Å². The average molecular weight is 527 g/mol. The summed E-state index contributed by atoms with van der Waals surface area (Å²) in [6.07, 6.45) is -2.35. The van der Waals surface area contributed by atoms with Gasteiger partial charge in [0.15, 0.2) is 5.03 Å². The normalized spacial score (nSPS) is 19.8. The van der Waals surface area contributed by atoms with Crippen LogP contribution in [0.2, 0.25) is 0 Å². The molecule has 196 valence electrons. The van der Waals surface area contributed by atoms with E-state index in [9.17, 15) is 31.5 Å². The smallest absolute Gasteiger partial charge is 0.417 e. The zero-order valence-electron chi connectivity index (χ0n) is 20.0. The molecule has 36 heavy (non-hydrogen) atoms. The van der Waals surface area contributed by atoms with Crippen molar-refractivity contribution in [2.24, 2.45) is 5.14 Å². The Morgan fingerprint density at radius 3 is 2.39 bits per heavy atom. The third-order valence-electron chi connectivity index (χ3n) is 6.36. The van der Waals surface area contributed by atoms with Gasteiger partial charge in [0.05, 0.1) is 11.1 Å². The monoisotopic (exact) mass is 526 g/mol. The van der Waals surface area contributed by atoms with Crippen molar-refractivity contribution in [2.75, 3.05) is 0 Å². The molecule has 11 heteroatoms. The molecule has 0 amide bonds. The van der Waals surface area contributed by atoms with E-state index in [-0.39, 0.29) is 24.2 Å². The van der Waals surface area contributed by atoms with Crippen molar-refractivity contribution in [1.29, 1.82) is 0 Å². The number of aliphatic hydroxyl groups excluding tert-OH is 1. The lowest BCUT2D eigenvalue weighted by atomic mass is 9.80. The maximum absolute atomic E-state index is 13.4. The van der Waals surface area contributed by atoms with Gasteiger partial charge in [0.1, 0.15) is 11.4 Å².